The van der Waals surface area contributed by atoms with Gasteiger partial charge in [0.25, 0.3) is 0 Å². The lowest BCUT2D eigenvalue weighted by Crippen LogP contribution is -2.29. The zero-order chi connectivity index (χ0) is 33.4. The van der Waals surface area contributed by atoms with Gasteiger partial charge < -0.3 is 24.4 Å². The van der Waals surface area contributed by atoms with E-state index in [0.717, 1.165) is 44.9 Å². The summed E-state index contributed by atoms with van der Waals surface area (Å²) in [7, 11) is -4.79. The molecule has 0 aromatic carbocycles. The number of hydrogen-bond donors (Lipinski definition) is 3. The van der Waals surface area contributed by atoms with E-state index in [1.54, 1.807) is 24.3 Å². The van der Waals surface area contributed by atoms with Crippen molar-refractivity contribution in [2.45, 2.75) is 122 Å². The van der Waals surface area contributed by atoms with E-state index in [1.165, 1.54) is 19.3 Å². The van der Waals surface area contributed by atoms with Gasteiger partial charge in [-0.05, 0) is 44.9 Å². The van der Waals surface area contributed by atoms with Crippen molar-refractivity contribution >= 4 is 19.8 Å². The Balaban J connectivity index is 4.30. The molecule has 0 bridgehead atoms. The third-order valence-corrected chi connectivity index (χ3v) is 6.82. The van der Waals surface area contributed by atoms with Gasteiger partial charge in [0.1, 0.15) is 6.61 Å². The van der Waals surface area contributed by atoms with Crippen molar-refractivity contribution in [1.29, 1.82) is 0 Å². The largest absolute Gasteiger partial charge is 0.469 e. The maximum absolute atomic E-state index is 12.3. The molecule has 3 N–H and O–H groups in total. The molecule has 0 aromatic heterocycles. The molecule has 45 heavy (non-hydrogen) atoms. The van der Waals surface area contributed by atoms with Gasteiger partial charge in [0.05, 0.1) is 12.7 Å². The second-order valence-electron chi connectivity index (χ2n) is 10.6. The number of ether oxygens (including phenoxy) is 2. The molecule has 0 aliphatic heterocycles. The van der Waals surface area contributed by atoms with Gasteiger partial charge in [0.15, 0.2) is 6.10 Å². The summed E-state index contributed by atoms with van der Waals surface area (Å²) in [6.07, 6.45) is 34.0. The van der Waals surface area contributed by atoms with Gasteiger partial charge in [-0.3, -0.25) is 14.1 Å². The second-order valence-corrected chi connectivity index (χ2v) is 11.8. The molecule has 2 atom stereocenters. The van der Waals surface area contributed by atoms with E-state index in [2.05, 4.69) is 54.8 Å². The number of aliphatic hydroxyl groups excluding tert-OH is 1. The van der Waals surface area contributed by atoms with Crippen LogP contribution >= 0.6 is 7.82 Å². The minimum Gasteiger partial charge on any atom is -0.462 e. The first kappa shape index (κ1) is 42.5. The van der Waals surface area contributed by atoms with Crippen molar-refractivity contribution in [1.82, 2.24) is 0 Å². The molecule has 0 aliphatic carbocycles. The van der Waals surface area contributed by atoms with E-state index < -0.39 is 38.6 Å². The fourth-order valence-corrected chi connectivity index (χ4v) is 4.25. The first-order valence-corrected chi connectivity index (χ1v) is 17.9. The zero-order valence-electron chi connectivity index (χ0n) is 27.3. The topological polar surface area (TPSA) is 140 Å². The highest BCUT2D eigenvalue weighted by Crippen LogP contribution is 2.35. The maximum atomic E-state index is 12.3. The minimum atomic E-state index is -4.79. The number of phosphoric acid groups is 1. The molecule has 1 unspecified atom stereocenters. The van der Waals surface area contributed by atoms with Crippen LogP contribution in [0.4, 0.5) is 0 Å². The monoisotopic (exact) mass is 652 g/mol. The molecule has 0 aromatic rings. The van der Waals surface area contributed by atoms with Crippen LogP contribution < -0.4 is 0 Å². The van der Waals surface area contributed by atoms with Crippen LogP contribution in [0.5, 0.6) is 0 Å². The van der Waals surface area contributed by atoms with Gasteiger partial charge in [-0.15, -0.1) is 0 Å². The van der Waals surface area contributed by atoms with E-state index in [9.17, 15) is 19.3 Å². The zero-order valence-corrected chi connectivity index (χ0v) is 28.2. The predicted octanol–water partition coefficient (Wildman–Crippen LogP) is 8.14. The molecule has 0 heterocycles. The van der Waals surface area contributed by atoms with Crippen LogP contribution in [-0.2, 0) is 28.2 Å². The molecule has 0 rings (SSSR count). The molecule has 9 nitrogen and oxygen atoms in total. The molecule has 0 spiro atoms. The second kappa shape index (κ2) is 30.1. The first-order valence-electron chi connectivity index (χ1n) is 16.3. The third kappa shape index (κ3) is 32.6. The van der Waals surface area contributed by atoms with Gasteiger partial charge >= 0.3 is 19.8 Å². The summed E-state index contributed by atoms with van der Waals surface area (Å²) < 4.78 is 26.0. The van der Waals surface area contributed by atoms with Crippen LogP contribution in [0.25, 0.3) is 0 Å². The van der Waals surface area contributed by atoms with Gasteiger partial charge in [0, 0.05) is 12.8 Å². The Morgan fingerprint density at radius 1 is 0.711 bits per heavy atom. The molecule has 0 amide bonds. The average Bonchev–Trinajstić information content (AvgIpc) is 2.99. The summed E-state index contributed by atoms with van der Waals surface area (Å²) in [5.41, 5.74) is 0. The van der Waals surface area contributed by atoms with Crippen molar-refractivity contribution in [3.8, 4) is 0 Å². The summed E-state index contributed by atoms with van der Waals surface area (Å²) in [5.74, 6) is -1.08. The summed E-state index contributed by atoms with van der Waals surface area (Å²) in [5, 5.41) is 10.1. The number of esters is 2. The van der Waals surface area contributed by atoms with E-state index in [1.807, 2.05) is 12.2 Å². The van der Waals surface area contributed by atoms with Crippen LogP contribution in [0.15, 0.2) is 72.9 Å². The Hall–Kier alpha value is -2.55. The highest BCUT2D eigenvalue weighted by atomic mass is 31.2. The fraction of sp³-hybridized carbons (Fsp3) is 0.600. The smallest absolute Gasteiger partial charge is 0.462 e. The van der Waals surface area contributed by atoms with Crippen molar-refractivity contribution in [2.24, 2.45) is 0 Å². The van der Waals surface area contributed by atoms with Crippen LogP contribution in [0.2, 0.25) is 0 Å². The van der Waals surface area contributed by atoms with Crippen molar-refractivity contribution in [3.05, 3.63) is 72.9 Å². The SMILES string of the molecule is CC/C=C\C/C=C\C/C=C\C/C=C\C=C/C(O)C/C=C\CCC(=O)O[C@H](COC(=O)CCCCCCCCC)COP(=O)(O)O. The van der Waals surface area contributed by atoms with E-state index >= 15 is 0 Å². The highest BCUT2D eigenvalue weighted by molar-refractivity contribution is 7.46. The molecule has 0 aliphatic rings. The van der Waals surface area contributed by atoms with E-state index in [0.29, 0.717) is 19.3 Å². The number of rotatable bonds is 28. The first-order chi connectivity index (χ1) is 21.7. The Bertz CT molecular complexity index is 976. The normalized spacial score (nSPS) is 14.2. The van der Waals surface area contributed by atoms with E-state index in [4.69, 9.17) is 19.3 Å². The number of aliphatic hydroxyl groups is 1. The highest BCUT2D eigenvalue weighted by Gasteiger charge is 2.22. The van der Waals surface area contributed by atoms with Crippen LogP contribution in [0.3, 0.4) is 0 Å². The number of carbonyl (C=O) groups excluding carboxylic acids is 2. The molecule has 0 fully saturated rings. The maximum Gasteiger partial charge on any atom is 0.469 e. The molecular weight excluding hydrogens is 595 g/mol. The Morgan fingerprint density at radius 2 is 1.33 bits per heavy atom. The van der Waals surface area contributed by atoms with Gasteiger partial charge in [-0.25, -0.2) is 4.57 Å². The third-order valence-electron chi connectivity index (χ3n) is 6.33. The lowest BCUT2D eigenvalue weighted by atomic mass is 10.1. The lowest BCUT2D eigenvalue weighted by Gasteiger charge is -2.18. The minimum absolute atomic E-state index is 0.00275. The number of hydrogen-bond acceptors (Lipinski definition) is 7. The molecule has 256 valence electrons. The quantitative estimate of drug-likeness (QED) is 0.0251. The number of allylic oxidation sites excluding steroid dienone is 10. The van der Waals surface area contributed by atoms with Crippen molar-refractivity contribution in [2.75, 3.05) is 13.2 Å². The Labute approximate surface area is 271 Å². The predicted molar refractivity (Wildman–Crippen MR) is 180 cm³/mol. The molecule has 0 saturated heterocycles. The number of phosphoric ester groups is 1. The molecular formula is C35H57O9P. The van der Waals surface area contributed by atoms with Gasteiger partial charge in [0.2, 0.25) is 0 Å². The van der Waals surface area contributed by atoms with Crippen LogP contribution in [-0.4, -0.2) is 52.3 Å². The number of unbranched alkanes of at least 4 members (excludes halogenated alkanes) is 6. The van der Waals surface area contributed by atoms with Crippen LogP contribution in [0, 0.1) is 0 Å². The molecule has 0 radical (unpaired) electrons. The number of carbonyl (C=O) groups is 2. The Kier molecular flexibility index (Phi) is 28.4. The van der Waals surface area contributed by atoms with Crippen LogP contribution in [0.1, 0.15) is 110 Å². The average molecular weight is 653 g/mol. The summed E-state index contributed by atoms with van der Waals surface area (Å²) in [6, 6.07) is 0. The van der Waals surface area contributed by atoms with Gasteiger partial charge in [-0.1, -0.05) is 125 Å². The van der Waals surface area contributed by atoms with E-state index in [-0.39, 0.29) is 19.4 Å². The fourth-order valence-electron chi connectivity index (χ4n) is 3.89. The standard InChI is InChI=1S/C35H57O9P/c1-3-5-7-9-11-12-13-14-15-16-18-19-22-26-32(36)27-23-21-25-29-35(38)44-33(31-43-45(39,40)41)30-42-34(37)28-24-20-17-10-8-6-4-2/h5,7,11-12,14-15,18-19,21-23,26,32-33,36H,3-4,6,8-10,13,16-17,20,24-25,27-31H2,1-2H3,(H2,39,40,41)/b7-5-,12-11-,15-14-,19-18-,23-21-,26-22-/t32?,33-/m1/s1. The lowest BCUT2D eigenvalue weighted by molar-refractivity contribution is -0.161. The van der Waals surface area contributed by atoms with Gasteiger partial charge in [-0.2, -0.15) is 0 Å². The summed E-state index contributed by atoms with van der Waals surface area (Å²) in [6.45, 7) is 3.32. The Morgan fingerprint density at radius 3 is 1.98 bits per heavy atom. The van der Waals surface area contributed by atoms with Crippen molar-refractivity contribution < 1.29 is 43.0 Å². The molecule has 10 heteroatoms. The summed E-state index contributed by atoms with van der Waals surface area (Å²) in [4.78, 5) is 42.3. The summed E-state index contributed by atoms with van der Waals surface area (Å²) >= 11 is 0. The van der Waals surface area contributed by atoms with Crippen molar-refractivity contribution in [3.63, 3.8) is 0 Å². The molecule has 0 saturated carbocycles.